The molecule has 1 fully saturated rings. The van der Waals surface area contributed by atoms with Gasteiger partial charge in [0, 0.05) is 23.6 Å². The van der Waals surface area contributed by atoms with Crippen molar-refractivity contribution >= 4 is 5.97 Å². The Morgan fingerprint density at radius 2 is 1.80 bits per heavy atom. The highest BCUT2D eigenvalue weighted by atomic mass is 19.1. The van der Waals surface area contributed by atoms with Crippen molar-refractivity contribution in [2.45, 2.75) is 12.3 Å². The Balaban J connectivity index is 2.34. The highest BCUT2D eigenvalue weighted by Gasteiger charge is 2.46. The Kier molecular flexibility index (Phi) is 2.17. The summed E-state index contributed by atoms with van der Waals surface area (Å²) in [5.74, 6) is -5.52. The highest BCUT2D eigenvalue weighted by molar-refractivity contribution is 5.75. The van der Waals surface area contributed by atoms with Gasteiger partial charge in [-0.1, -0.05) is 0 Å². The summed E-state index contributed by atoms with van der Waals surface area (Å²) in [6, 6.07) is 1.13. The van der Waals surface area contributed by atoms with Crippen LogP contribution >= 0.6 is 0 Å². The molecule has 0 heterocycles. The highest BCUT2D eigenvalue weighted by Crippen LogP contribution is 2.49. The summed E-state index contributed by atoms with van der Waals surface area (Å²) in [5.41, 5.74) is -0.316. The average Bonchev–Trinajstić information content (AvgIpc) is 2.81. The lowest BCUT2D eigenvalue weighted by molar-refractivity contribution is -0.138. The monoisotopic (exact) mass is 216 g/mol. The van der Waals surface area contributed by atoms with E-state index in [0.717, 1.165) is 0 Å². The molecule has 1 aromatic rings. The maximum Gasteiger partial charge on any atom is 0.307 e. The maximum atomic E-state index is 13.2. The van der Waals surface area contributed by atoms with Gasteiger partial charge in [0.15, 0.2) is 0 Å². The van der Waals surface area contributed by atoms with E-state index in [9.17, 15) is 18.0 Å². The third kappa shape index (κ3) is 1.69. The van der Waals surface area contributed by atoms with Crippen LogP contribution in [0.5, 0.6) is 0 Å². The van der Waals surface area contributed by atoms with E-state index in [1.807, 2.05) is 0 Å². The first kappa shape index (κ1) is 10.0. The van der Waals surface area contributed by atoms with E-state index in [-0.39, 0.29) is 12.0 Å². The fourth-order valence-corrected chi connectivity index (χ4v) is 1.69. The maximum absolute atomic E-state index is 13.2. The smallest absolute Gasteiger partial charge is 0.307 e. The number of carboxylic acids is 1. The van der Waals surface area contributed by atoms with Gasteiger partial charge in [0.2, 0.25) is 0 Å². The van der Waals surface area contributed by atoms with Gasteiger partial charge in [-0.05, 0) is 6.42 Å². The van der Waals surface area contributed by atoms with Crippen molar-refractivity contribution in [3.63, 3.8) is 0 Å². The SMILES string of the molecule is O=C(O)C1C[C@H]1c1c(F)cc(F)cc1F. The predicted molar refractivity (Wildman–Crippen MR) is 44.8 cm³/mol. The van der Waals surface area contributed by atoms with E-state index in [4.69, 9.17) is 5.11 Å². The number of hydrogen-bond acceptors (Lipinski definition) is 1. The molecule has 1 N–H and O–H groups in total. The minimum Gasteiger partial charge on any atom is -0.481 e. The Bertz CT molecular complexity index is 408. The quantitative estimate of drug-likeness (QED) is 0.823. The van der Waals surface area contributed by atoms with Crippen LogP contribution in [0, 0.1) is 23.4 Å². The molecule has 0 radical (unpaired) electrons. The molecule has 2 nitrogen and oxygen atoms in total. The lowest BCUT2D eigenvalue weighted by Gasteiger charge is -2.03. The molecule has 80 valence electrons. The summed E-state index contributed by atoms with van der Waals surface area (Å²) in [6.45, 7) is 0. The second kappa shape index (κ2) is 3.25. The van der Waals surface area contributed by atoms with Crippen molar-refractivity contribution in [1.82, 2.24) is 0 Å². The number of benzene rings is 1. The van der Waals surface area contributed by atoms with Gasteiger partial charge in [-0.25, -0.2) is 13.2 Å². The van der Waals surface area contributed by atoms with Crippen molar-refractivity contribution in [3.8, 4) is 0 Å². The molecule has 0 amide bonds. The van der Waals surface area contributed by atoms with Gasteiger partial charge in [0.05, 0.1) is 5.92 Å². The van der Waals surface area contributed by atoms with Gasteiger partial charge in [0.1, 0.15) is 17.5 Å². The molecule has 2 atom stereocenters. The second-order valence-electron chi connectivity index (χ2n) is 3.57. The van der Waals surface area contributed by atoms with Crippen LogP contribution < -0.4 is 0 Å². The van der Waals surface area contributed by atoms with E-state index in [0.29, 0.717) is 12.1 Å². The topological polar surface area (TPSA) is 37.3 Å². The molecule has 1 aliphatic rings. The number of rotatable bonds is 2. The largest absolute Gasteiger partial charge is 0.481 e. The molecule has 2 rings (SSSR count). The summed E-state index contributed by atoms with van der Waals surface area (Å²) in [4.78, 5) is 10.5. The fraction of sp³-hybridized carbons (Fsp3) is 0.300. The first-order valence-electron chi connectivity index (χ1n) is 4.38. The van der Waals surface area contributed by atoms with Gasteiger partial charge in [-0.2, -0.15) is 0 Å². The van der Waals surface area contributed by atoms with Crippen molar-refractivity contribution in [2.24, 2.45) is 5.92 Å². The minimum absolute atomic E-state index is 0.203. The normalized spacial score (nSPS) is 23.9. The molecular weight excluding hydrogens is 209 g/mol. The Morgan fingerprint density at radius 3 is 2.20 bits per heavy atom. The minimum atomic E-state index is -1.08. The lowest BCUT2D eigenvalue weighted by atomic mass is 10.1. The van der Waals surface area contributed by atoms with E-state index < -0.39 is 35.3 Å². The molecule has 1 unspecified atom stereocenters. The van der Waals surface area contributed by atoms with Crippen LogP contribution in [0.15, 0.2) is 12.1 Å². The number of hydrogen-bond donors (Lipinski definition) is 1. The lowest BCUT2D eigenvalue weighted by Crippen LogP contribution is -2.02. The van der Waals surface area contributed by atoms with Crippen molar-refractivity contribution in [1.29, 1.82) is 0 Å². The van der Waals surface area contributed by atoms with Gasteiger partial charge in [0.25, 0.3) is 0 Å². The molecule has 15 heavy (non-hydrogen) atoms. The number of carbonyl (C=O) groups is 1. The van der Waals surface area contributed by atoms with Crippen LogP contribution in [0.1, 0.15) is 17.9 Å². The Hall–Kier alpha value is -1.52. The van der Waals surface area contributed by atoms with Gasteiger partial charge >= 0.3 is 5.97 Å². The average molecular weight is 216 g/mol. The molecule has 1 aromatic carbocycles. The molecule has 0 spiro atoms. The molecule has 1 saturated carbocycles. The third-order valence-corrected chi connectivity index (χ3v) is 2.52. The molecule has 0 bridgehead atoms. The summed E-state index contributed by atoms with van der Waals surface area (Å²) >= 11 is 0. The molecule has 1 aliphatic carbocycles. The zero-order valence-corrected chi connectivity index (χ0v) is 7.51. The molecule has 0 saturated heterocycles. The fourth-order valence-electron chi connectivity index (χ4n) is 1.69. The van der Waals surface area contributed by atoms with E-state index in [1.165, 1.54) is 0 Å². The number of halogens is 3. The standard InChI is InChI=1S/C10H7F3O2/c11-4-1-7(12)9(8(13)2-4)5-3-6(5)10(14)15/h1-2,5-6H,3H2,(H,14,15)/t5-,6?/m1/s1. The summed E-state index contributed by atoms with van der Waals surface area (Å²) in [7, 11) is 0. The Morgan fingerprint density at radius 1 is 1.27 bits per heavy atom. The third-order valence-electron chi connectivity index (χ3n) is 2.52. The first-order chi connectivity index (χ1) is 7.00. The van der Waals surface area contributed by atoms with E-state index >= 15 is 0 Å². The number of carboxylic acid groups (broad SMARTS) is 1. The summed E-state index contributed by atoms with van der Waals surface area (Å²) in [6.07, 6.45) is 0.203. The molecule has 5 heteroatoms. The first-order valence-corrected chi connectivity index (χ1v) is 4.38. The second-order valence-corrected chi connectivity index (χ2v) is 3.57. The zero-order chi connectivity index (χ0) is 11.2. The van der Waals surface area contributed by atoms with Crippen LogP contribution in [-0.2, 0) is 4.79 Å². The zero-order valence-electron chi connectivity index (χ0n) is 7.51. The summed E-state index contributed by atoms with van der Waals surface area (Å²) in [5, 5.41) is 8.60. The molecule has 0 aromatic heterocycles. The van der Waals surface area contributed by atoms with Gasteiger partial charge < -0.3 is 5.11 Å². The van der Waals surface area contributed by atoms with Crippen LogP contribution in [0.2, 0.25) is 0 Å². The predicted octanol–water partition coefficient (Wildman–Crippen LogP) is 2.29. The van der Waals surface area contributed by atoms with Crippen LogP contribution in [0.25, 0.3) is 0 Å². The van der Waals surface area contributed by atoms with Gasteiger partial charge in [-0.15, -0.1) is 0 Å². The van der Waals surface area contributed by atoms with E-state index in [2.05, 4.69) is 0 Å². The molecular formula is C10H7F3O2. The van der Waals surface area contributed by atoms with Crippen LogP contribution in [0.4, 0.5) is 13.2 Å². The number of aliphatic carboxylic acids is 1. The van der Waals surface area contributed by atoms with Crippen LogP contribution in [-0.4, -0.2) is 11.1 Å². The summed E-state index contributed by atoms with van der Waals surface area (Å²) < 4.78 is 38.9. The molecule has 0 aliphatic heterocycles. The van der Waals surface area contributed by atoms with E-state index in [1.54, 1.807) is 0 Å². The Labute approximate surface area is 83.3 Å². The van der Waals surface area contributed by atoms with Gasteiger partial charge in [-0.3, -0.25) is 4.79 Å². The van der Waals surface area contributed by atoms with Crippen molar-refractivity contribution in [3.05, 3.63) is 35.1 Å². The van der Waals surface area contributed by atoms with Crippen molar-refractivity contribution < 1.29 is 23.1 Å². The van der Waals surface area contributed by atoms with Crippen LogP contribution in [0.3, 0.4) is 0 Å². The van der Waals surface area contributed by atoms with Crippen molar-refractivity contribution in [2.75, 3.05) is 0 Å².